The maximum atomic E-state index is 16.4. The second-order valence-corrected chi connectivity index (χ2v) is 27.5. The van der Waals surface area contributed by atoms with Gasteiger partial charge in [-0.2, -0.15) is 0 Å². The second kappa shape index (κ2) is 21.2. The van der Waals surface area contributed by atoms with Gasteiger partial charge in [-0.05, 0) is 187 Å². The van der Waals surface area contributed by atoms with Gasteiger partial charge in [-0.3, -0.25) is 4.79 Å². The lowest BCUT2D eigenvalue weighted by atomic mass is 9.34. The minimum Gasteiger partial charge on any atom is -0.396 e. The molecule has 2 bridgehead atoms. The fourth-order valence-corrected chi connectivity index (χ4v) is 20.9. The molecule has 8 fully saturated rings. The van der Waals surface area contributed by atoms with E-state index >= 15 is 9.90 Å². The number of nitrogens with one attached hydrogen (secondary N) is 2. The van der Waals surface area contributed by atoms with Gasteiger partial charge in [0.05, 0.1) is 65.3 Å². The number of ketones is 1. The van der Waals surface area contributed by atoms with E-state index in [1.807, 2.05) is 18.2 Å². The number of aliphatic hydroxyl groups excluding tert-OH is 5. The van der Waals surface area contributed by atoms with Crippen molar-refractivity contribution in [2.24, 2.45) is 81.7 Å². The van der Waals surface area contributed by atoms with Gasteiger partial charge < -0.3 is 71.8 Å². The molecule has 0 aromatic heterocycles. The van der Waals surface area contributed by atoms with Crippen molar-refractivity contribution in [3.63, 3.8) is 0 Å². The van der Waals surface area contributed by atoms with Crippen LogP contribution in [0.25, 0.3) is 0 Å². The molecule has 13 N–H and O–H groups in total. The monoisotopic (exact) mass is 1080 g/mol. The molecule has 2 aliphatic heterocycles. The molecule has 0 amide bonds. The smallest absolute Gasteiger partial charge is 0.182 e. The van der Waals surface area contributed by atoms with Crippen molar-refractivity contribution in [3.05, 3.63) is 46.8 Å². The highest BCUT2D eigenvalue weighted by Crippen LogP contribution is 2.79. The van der Waals surface area contributed by atoms with Crippen molar-refractivity contribution >= 4 is 5.78 Å². The fraction of sp³-hybridized carbons (Fsp3) is 0.855. The van der Waals surface area contributed by atoms with Gasteiger partial charge in [0.1, 0.15) is 5.60 Å². The van der Waals surface area contributed by atoms with Crippen molar-refractivity contribution < 1.29 is 60.2 Å². The van der Waals surface area contributed by atoms with Crippen LogP contribution in [0.4, 0.5) is 0 Å². The molecule has 15 nitrogen and oxygen atoms in total. The van der Waals surface area contributed by atoms with Gasteiger partial charge in [-0.1, -0.05) is 57.3 Å². The van der Waals surface area contributed by atoms with E-state index in [-0.39, 0.29) is 80.6 Å². The molecule has 15 heteroatoms. The van der Waals surface area contributed by atoms with Crippen molar-refractivity contribution in [1.29, 1.82) is 0 Å². The Bertz CT molecular complexity index is 2310. The third-order valence-corrected chi connectivity index (χ3v) is 23.9. The molecule has 0 aromatic carbocycles. The Morgan fingerprint density at radius 1 is 0.935 bits per heavy atom. The first-order valence-electron chi connectivity index (χ1n) is 30.8. The molecule has 9 aliphatic carbocycles. The quantitative estimate of drug-likeness (QED) is 0.0969. The maximum absolute atomic E-state index is 16.4. The van der Waals surface area contributed by atoms with Crippen LogP contribution in [0.2, 0.25) is 0 Å². The van der Waals surface area contributed by atoms with Crippen LogP contribution in [-0.4, -0.2) is 144 Å². The third-order valence-electron chi connectivity index (χ3n) is 23.9. The van der Waals surface area contributed by atoms with E-state index in [1.54, 1.807) is 21.0 Å². The minimum absolute atomic E-state index is 0.00116. The van der Waals surface area contributed by atoms with Gasteiger partial charge in [0.15, 0.2) is 5.78 Å². The van der Waals surface area contributed by atoms with Gasteiger partial charge in [-0.25, -0.2) is 0 Å². The molecule has 77 heavy (non-hydrogen) atoms. The first kappa shape index (κ1) is 56.6. The van der Waals surface area contributed by atoms with Gasteiger partial charge in [0.2, 0.25) is 0 Å². The summed E-state index contributed by atoms with van der Waals surface area (Å²) in [7, 11) is 1.72. The average molecular weight is 1080 g/mol. The molecule has 22 atom stereocenters. The average Bonchev–Trinajstić information content (AvgIpc) is 3.27. The Morgan fingerprint density at radius 3 is 2.39 bits per heavy atom. The van der Waals surface area contributed by atoms with Crippen LogP contribution in [-0.2, 0) is 14.3 Å². The van der Waals surface area contributed by atoms with Crippen LogP contribution in [0.1, 0.15) is 162 Å². The lowest BCUT2D eigenvalue weighted by Gasteiger charge is -2.71. The molecule has 0 radical (unpaired) electrons. The molecule has 1 saturated heterocycles. The number of Topliss-reactive ketones (excluding diaryl/α,β-unsaturated/α-hetero) is 1. The number of carbonyl (C=O) groups is 1. The summed E-state index contributed by atoms with van der Waals surface area (Å²) in [5.74, 6) is -4.14. The highest BCUT2D eigenvalue weighted by Gasteiger charge is 2.82. The Kier molecular flexibility index (Phi) is 15.6. The van der Waals surface area contributed by atoms with Crippen molar-refractivity contribution in [2.45, 2.75) is 227 Å². The van der Waals surface area contributed by atoms with Crippen molar-refractivity contribution in [2.75, 3.05) is 26.9 Å². The topological polar surface area (TPSA) is 268 Å². The molecule has 11 rings (SSSR count). The highest BCUT2D eigenvalue weighted by atomic mass is 16.5. The summed E-state index contributed by atoms with van der Waals surface area (Å²) in [5, 5.41) is 123. The van der Waals surface area contributed by atoms with E-state index in [1.165, 1.54) is 0 Å². The largest absolute Gasteiger partial charge is 0.396 e. The van der Waals surface area contributed by atoms with Crippen LogP contribution in [0, 0.1) is 75.9 Å². The Morgan fingerprint density at radius 2 is 1.66 bits per heavy atom. The molecule has 22 unspecified atom stereocenters. The molecule has 7 saturated carbocycles. The Labute approximate surface area is 457 Å². The number of methoxy groups -OCH3 is 1. The first-order valence-corrected chi connectivity index (χ1v) is 30.8. The van der Waals surface area contributed by atoms with Crippen LogP contribution in [0.15, 0.2) is 46.8 Å². The van der Waals surface area contributed by atoms with Gasteiger partial charge in [0, 0.05) is 61.7 Å². The summed E-state index contributed by atoms with van der Waals surface area (Å²) in [4.78, 5) is 16.4. The first-order chi connectivity index (χ1) is 36.8. The zero-order chi connectivity index (χ0) is 54.6. The number of hydrogen-bond acceptors (Lipinski definition) is 15. The minimum atomic E-state index is -1.95. The molecule has 0 aromatic rings. The standard InChI is InChI=1S/C62H97N3O12/c1-5-8-35-13-17-40-46(21-14-35)77-56-49(40)44(68)10-6-26-62(56,75)57(3,72)47-24-28-61(74)51-52(64-32-34(2)67)54(71)50-41-18-20-42-38(39-19-22-48(63)65-43(39)9-7-29-66)23-27-58(73,55(51)59(42,50)31-45(69)53(41)70)33-60(47,61)37-15-11-36(12-16-37)25-30-76-4/h19,22-23,27,34-38,40-42,44-50,53,55-56,64-70,72-75H,5-18,20-21,24-26,28-33,63H2,1-4H3. The number of nitrogens with two attached hydrogens (primary N) is 1. The number of allylic oxidation sites excluding steroid dienone is 5. The zero-order valence-electron chi connectivity index (χ0n) is 46.7. The summed E-state index contributed by atoms with van der Waals surface area (Å²) in [5.41, 5.74) is -1.20. The normalized spacial score (nSPS) is 49.3. The number of rotatable bonds is 15. The highest BCUT2D eigenvalue weighted by molar-refractivity contribution is 6.00. The molecular formula is C62H97N3O12. The number of dihydropyridines is 1. The Hall–Kier alpha value is -2.25. The van der Waals surface area contributed by atoms with Crippen LogP contribution < -0.4 is 16.4 Å². The number of ether oxygens (including phenoxy) is 2. The van der Waals surface area contributed by atoms with Gasteiger partial charge in [0.25, 0.3) is 0 Å². The maximum Gasteiger partial charge on any atom is 0.182 e. The van der Waals surface area contributed by atoms with Crippen LogP contribution >= 0.6 is 0 Å². The number of hydrogen-bond donors (Lipinski definition) is 12. The van der Waals surface area contributed by atoms with E-state index in [2.05, 4.69) is 23.6 Å². The summed E-state index contributed by atoms with van der Waals surface area (Å²) < 4.78 is 12.8. The molecule has 11 aliphatic rings. The van der Waals surface area contributed by atoms with Gasteiger partial charge >= 0.3 is 0 Å². The Balaban J connectivity index is 1.13. The zero-order valence-corrected chi connectivity index (χ0v) is 46.7. The lowest BCUT2D eigenvalue weighted by Crippen LogP contribution is -2.76. The predicted octanol–water partition coefficient (Wildman–Crippen LogP) is 4.94. The predicted molar refractivity (Wildman–Crippen MR) is 290 cm³/mol. The van der Waals surface area contributed by atoms with Crippen molar-refractivity contribution in [1.82, 2.24) is 10.6 Å². The number of fused-ring (bicyclic) bond motifs is 5. The summed E-state index contributed by atoms with van der Waals surface area (Å²) in [6.07, 6.45) is 15.7. The lowest BCUT2D eigenvalue weighted by molar-refractivity contribution is -0.282. The second-order valence-electron chi connectivity index (χ2n) is 27.5. The summed E-state index contributed by atoms with van der Waals surface area (Å²) in [6.45, 7) is 6.18. The van der Waals surface area contributed by atoms with Crippen molar-refractivity contribution in [3.8, 4) is 0 Å². The van der Waals surface area contributed by atoms with E-state index in [4.69, 9.17) is 15.2 Å². The van der Waals surface area contributed by atoms with Crippen LogP contribution in [0.3, 0.4) is 0 Å². The van der Waals surface area contributed by atoms with E-state index in [9.17, 15) is 40.9 Å². The third kappa shape index (κ3) is 8.63. The molecular weight excluding hydrogens is 979 g/mol. The molecule has 2 heterocycles. The number of carbonyl (C=O) groups excluding carboxylic acids is 1. The molecule has 432 valence electrons. The van der Waals surface area contributed by atoms with E-state index in [0.717, 1.165) is 69.1 Å². The summed E-state index contributed by atoms with van der Waals surface area (Å²) in [6, 6.07) is 0. The molecule has 1 spiro atoms. The van der Waals surface area contributed by atoms with E-state index in [0.29, 0.717) is 75.4 Å². The summed E-state index contributed by atoms with van der Waals surface area (Å²) >= 11 is 0. The van der Waals surface area contributed by atoms with Crippen LogP contribution in [0.5, 0.6) is 0 Å². The SMILES string of the molecule is CCCC1CCC2OC3C(C(O)CCCC3(O)C(C)(O)C3CCC4(O)C5=C(NCC(C)O)C(=O)C6C7CCC8C(C9=C(CCCO)NC(N)C=C9)C=CC(O)(CC34C3CCC(CCOC)CC3)C5C86CC(O)C7O)C2CC1. The number of aliphatic hydroxyl groups is 9. The van der Waals surface area contributed by atoms with Gasteiger partial charge in [-0.15, -0.1) is 0 Å². The fourth-order valence-electron chi connectivity index (χ4n) is 20.9. The van der Waals surface area contributed by atoms with E-state index < -0.39 is 105 Å².